The fourth-order valence-electron chi connectivity index (χ4n) is 3.26. The zero-order chi connectivity index (χ0) is 16.1. The molecule has 2 saturated heterocycles. The maximum atomic E-state index is 12.2. The van der Waals surface area contributed by atoms with Gasteiger partial charge in [-0.1, -0.05) is 12.1 Å². The fourth-order valence-corrected chi connectivity index (χ4v) is 3.26. The summed E-state index contributed by atoms with van der Waals surface area (Å²) in [5.74, 6) is 0. The van der Waals surface area contributed by atoms with Crippen LogP contribution in [0.2, 0.25) is 0 Å². The maximum absolute atomic E-state index is 12.2. The minimum absolute atomic E-state index is 0.0384. The molecule has 0 spiro atoms. The topological polar surface area (TPSA) is 38.8 Å². The Morgan fingerprint density at radius 1 is 0.957 bits per heavy atom. The Morgan fingerprint density at radius 2 is 1.61 bits per heavy atom. The lowest BCUT2D eigenvalue weighted by atomic mass is 10.1. The van der Waals surface area contributed by atoms with Crippen molar-refractivity contribution in [1.82, 2.24) is 14.7 Å². The van der Waals surface area contributed by atoms with Crippen LogP contribution in [0.3, 0.4) is 0 Å². The summed E-state index contributed by atoms with van der Waals surface area (Å²) in [5, 5.41) is 3.01. The Hall–Kier alpha value is -1.59. The molecular formula is C18H28N4O. The monoisotopic (exact) mass is 316 g/mol. The molecule has 0 radical (unpaired) electrons. The zero-order valence-electron chi connectivity index (χ0n) is 14.1. The molecule has 23 heavy (non-hydrogen) atoms. The summed E-state index contributed by atoms with van der Waals surface area (Å²) in [6, 6.07) is 8.34. The predicted octanol–water partition coefficient (Wildman–Crippen LogP) is 2.45. The van der Waals surface area contributed by atoms with E-state index in [4.69, 9.17) is 0 Å². The van der Waals surface area contributed by atoms with Gasteiger partial charge in [-0.25, -0.2) is 4.79 Å². The van der Waals surface area contributed by atoms with Crippen molar-refractivity contribution in [2.45, 2.75) is 25.8 Å². The van der Waals surface area contributed by atoms with Gasteiger partial charge in [-0.05, 0) is 44.0 Å². The number of nitrogens with zero attached hydrogens (tertiary/aromatic N) is 3. The number of carbonyl (C=O) groups excluding carboxylic acids is 1. The number of anilines is 1. The van der Waals surface area contributed by atoms with Crippen molar-refractivity contribution >= 4 is 11.7 Å². The number of likely N-dealkylation sites (tertiary alicyclic amines) is 1. The van der Waals surface area contributed by atoms with E-state index in [1.54, 1.807) is 0 Å². The molecule has 0 unspecified atom stereocenters. The quantitative estimate of drug-likeness (QED) is 0.931. The first-order chi connectivity index (χ1) is 11.2. The Balaban J connectivity index is 1.49. The van der Waals surface area contributed by atoms with E-state index in [2.05, 4.69) is 34.3 Å². The third-order valence-electron chi connectivity index (χ3n) is 4.85. The first kappa shape index (κ1) is 16.3. The first-order valence-corrected chi connectivity index (χ1v) is 8.76. The predicted molar refractivity (Wildman–Crippen MR) is 93.7 cm³/mol. The molecule has 1 N–H and O–H groups in total. The largest absolute Gasteiger partial charge is 0.325 e. The van der Waals surface area contributed by atoms with Crippen molar-refractivity contribution in [3.05, 3.63) is 29.8 Å². The number of hydrogen-bond donors (Lipinski definition) is 1. The molecule has 2 fully saturated rings. The molecule has 0 atom stereocenters. The average molecular weight is 316 g/mol. The van der Waals surface area contributed by atoms with Crippen molar-refractivity contribution < 1.29 is 4.79 Å². The number of piperidine rings is 1. The van der Waals surface area contributed by atoms with E-state index in [1.807, 2.05) is 17.0 Å². The van der Waals surface area contributed by atoms with Gasteiger partial charge in [0.25, 0.3) is 0 Å². The van der Waals surface area contributed by atoms with Gasteiger partial charge in [-0.2, -0.15) is 0 Å². The average Bonchev–Trinajstić information content (AvgIpc) is 2.59. The number of nitrogens with one attached hydrogen (secondary N) is 1. The van der Waals surface area contributed by atoms with Gasteiger partial charge in [0.1, 0.15) is 0 Å². The van der Waals surface area contributed by atoms with Gasteiger partial charge < -0.3 is 15.1 Å². The maximum Gasteiger partial charge on any atom is 0.321 e. The summed E-state index contributed by atoms with van der Waals surface area (Å²) >= 11 is 0. The number of hydrogen-bond acceptors (Lipinski definition) is 3. The Bertz CT molecular complexity index is 502. The minimum Gasteiger partial charge on any atom is -0.325 e. The molecule has 0 bridgehead atoms. The highest BCUT2D eigenvalue weighted by molar-refractivity contribution is 5.89. The summed E-state index contributed by atoms with van der Waals surface area (Å²) < 4.78 is 0. The number of urea groups is 1. The number of carbonyl (C=O) groups is 1. The second-order valence-corrected chi connectivity index (χ2v) is 6.75. The molecule has 2 heterocycles. The van der Waals surface area contributed by atoms with Crippen LogP contribution in [0.25, 0.3) is 0 Å². The van der Waals surface area contributed by atoms with Crippen LogP contribution in [-0.4, -0.2) is 67.0 Å². The molecule has 0 aliphatic carbocycles. The standard InChI is InChI=1S/C18H28N4O/c1-20-11-13-21(14-12-20)15-16-5-7-17(8-6-16)19-18(23)22-9-3-2-4-10-22/h5-8H,2-4,9-15H2,1H3,(H,19,23). The highest BCUT2D eigenvalue weighted by Gasteiger charge is 2.16. The number of rotatable bonds is 3. The van der Waals surface area contributed by atoms with E-state index >= 15 is 0 Å². The summed E-state index contributed by atoms with van der Waals surface area (Å²) in [6.45, 7) is 7.30. The van der Waals surface area contributed by atoms with Gasteiger partial charge in [0.05, 0.1) is 0 Å². The third-order valence-corrected chi connectivity index (χ3v) is 4.85. The lowest BCUT2D eigenvalue weighted by molar-refractivity contribution is 0.148. The number of likely N-dealkylation sites (N-methyl/N-ethyl adjacent to an activating group) is 1. The van der Waals surface area contributed by atoms with E-state index in [-0.39, 0.29) is 6.03 Å². The first-order valence-electron chi connectivity index (χ1n) is 8.76. The van der Waals surface area contributed by atoms with Gasteiger partial charge in [0.2, 0.25) is 0 Å². The van der Waals surface area contributed by atoms with Crippen LogP contribution in [0, 0.1) is 0 Å². The lowest BCUT2D eigenvalue weighted by Crippen LogP contribution is -2.43. The van der Waals surface area contributed by atoms with Crippen LogP contribution < -0.4 is 5.32 Å². The molecule has 3 rings (SSSR count). The summed E-state index contributed by atoms with van der Waals surface area (Å²) in [5.41, 5.74) is 2.20. The van der Waals surface area contributed by atoms with Crippen molar-refractivity contribution in [2.75, 3.05) is 51.6 Å². The van der Waals surface area contributed by atoms with E-state index < -0.39 is 0 Å². The molecule has 2 aliphatic rings. The molecule has 1 aromatic carbocycles. The molecule has 2 amide bonds. The van der Waals surface area contributed by atoms with Crippen LogP contribution in [-0.2, 0) is 6.54 Å². The normalized spacial score (nSPS) is 20.5. The molecule has 5 heteroatoms. The van der Waals surface area contributed by atoms with Crippen LogP contribution in [0.5, 0.6) is 0 Å². The zero-order valence-corrected chi connectivity index (χ0v) is 14.1. The minimum atomic E-state index is 0.0384. The SMILES string of the molecule is CN1CCN(Cc2ccc(NC(=O)N3CCCCC3)cc2)CC1. The van der Waals surface area contributed by atoms with Gasteiger partial charge in [-0.15, -0.1) is 0 Å². The van der Waals surface area contributed by atoms with Crippen molar-refractivity contribution in [2.24, 2.45) is 0 Å². The highest BCUT2D eigenvalue weighted by Crippen LogP contribution is 2.15. The van der Waals surface area contributed by atoms with Crippen LogP contribution >= 0.6 is 0 Å². The number of amides is 2. The number of piperazine rings is 1. The molecule has 0 saturated carbocycles. The second kappa shape index (κ2) is 7.79. The molecule has 126 valence electrons. The van der Waals surface area contributed by atoms with Crippen LogP contribution in [0.15, 0.2) is 24.3 Å². The third kappa shape index (κ3) is 4.69. The van der Waals surface area contributed by atoms with Crippen LogP contribution in [0.1, 0.15) is 24.8 Å². The van der Waals surface area contributed by atoms with Gasteiger partial charge in [0.15, 0.2) is 0 Å². The van der Waals surface area contributed by atoms with E-state index in [9.17, 15) is 4.79 Å². The summed E-state index contributed by atoms with van der Waals surface area (Å²) in [4.78, 5) is 19.0. The molecular weight excluding hydrogens is 288 g/mol. The Kier molecular flexibility index (Phi) is 5.51. The Labute approximate surface area is 139 Å². The Morgan fingerprint density at radius 3 is 2.26 bits per heavy atom. The van der Waals surface area contributed by atoms with Gasteiger partial charge in [-0.3, -0.25) is 4.90 Å². The van der Waals surface area contributed by atoms with Crippen LogP contribution in [0.4, 0.5) is 10.5 Å². The molecule has 5 nitrogen and oxygen atoms in total. The second-order valence-electron chi connectivity index (χ2n) is 6.75. The molecule has 1 aromatic rings. The van der Waals surface area contributed by atoms with Crippen molar-refractivity contribution in [3.63, 3.8) is 0 Å². The smallest absolute Gasteiger partial charge is 0.321 e. The van der Waals surface area contributed by atoms with E-state index in [0.29, 0.717) is 0 Å². The highest BCUT2D eigenvalue weighted by atomic mass is 16.2. The molecule has 0 aromatic heterocycles. The molecule has 2 aliphatic heterocycles. The van der Waals surface area contributed by atoms with E-state index in [0.717, 1.165) is 64.3 Å². The van der Waals surface area contributed by atoms with Gasteiger partial charge >= 0.3 is 6.03 Å². The number of benzene rings is 1. The fraction of sp³-hybridized carbons (Fsp3) is 0.611. The van der Waals surface area contributed by atoms with Crippen molar-refractivity contribution in [3.8, 4) is 0 Å². The van der Waals surface area contributed by atoms with Gasteiger partial charge in [0, 0.05) is 51.5 Å². The van der Waals surface area contributed by atoms with E-state index in [1.165, 1.54) is 12.0 Å². The lowest BCUT2D eigenvalue weighted by Gasteiger charge is -2.32. The summed E-state index contributed by atoms with van der Waals surface area (Å²) in [7, 11) is 2.18. The van der Waals surface area contributed by atoms with Crippen molar-refractivity contribution in [1.29, 1.82) is 0 Å². The summed E-state index contributed by atoms with van der Waals surface area (Å²) in [6.07, 6.45) is 3.49.